The number of rotatable bonds is 5. The van der Waals surface area contributed by atoms with E-state index in [9.17, 15) is 14.7 Å². The molecule has 3 heterocycles. The Kier molecular flexibility index (Phi) is 4.86. The van der Waals surface area contributed by atoms with Crippen molar-refractivity contribution in [3.63, 3.8) is 0 Å². The van der Waals surface area contributed by atoms with Gasteiger partial charge in [-0.3, -0.25) is 9.59 Å². The van der Waals surface area contributed by atoms with Crippen LogP contribution >= 0.6 is 0 Å². The van der Waals surface area contributed by atoms with Crippen molar-refractivity contribution in [2.45, 2.75) is 30.9 Å². The first-order valence-corrected chi connectivity index (χ1v) is 11.6. The maximum atomic E-state index is 11.8. The number of Topliss-reactive ketones (excluding diaryl/α,β-unsaturated/α-hetero) is 1. The number of aryl methyl sites for hydroxylation is 1. The Morgan fingerprint density at radius 1 is 1.06 bits per heavy atom. The van der Waals surface area contributed by atoms with Crippen molar-refractivity contribution >= 4 is 28.7 Å². The number of aldehydes is 1. The van der Waals surface area contributed by atoms with E-state index in [1.807, 2.05) is 73.8 Å². The summed E-state index contributed by atoms with van der Waals surface area (Å²) in [5, 5.41) is 15.8. The van der Waals surface area contributed by atoms with Crippen molar-refractivity contribution in [3.8, 4) is 22.4 Å². The van der Waals surface area contributed by atoms with Crippen molar-refractivity contribution < 1.29 is 14.7 Å². The molecular formula is C28H23N5O3. The average molecular weight is 478 g/mol. The number of hydrogen-bond donors (Lipinski definition) is 2. The molecule has 1 aliphatic carbocycles. The van der Waals surface area contributed by atoms with Gasteiger partial charge >= 0.3 is 0 Å². The zero-order chi connectivity index (χ0) is 25.1. The number of carbonyl (C=O) groups excluding carboxylic acids is 2. The molecule has 0 bridgehead atoms. The Morgan fingerprint density at radius 2 is 1.78 bits per heavy atom. The van der Waals surface area contributed by atoms with Crippen molar-refractivity contribution in [2.75, 3.05) is 0 Å². The Balaban J connectivity index is 1.46. The number of ketones is 1. The molecule has 0 spiro atoms. The lowest BCUT2D eigenvalue weighted by molar-refractivity contribution is -0.158. The number of hydrogen-bond acceptors (Lipinski definition) is 7. The van der Waals surface area contributed by atoms with E-state index < -0.39 is 16.9 Å². The summed E-state index contributed by atoms with van der Waals surface area (Å²) in [4.78, 5) is 32.2. The molecule has 3 N–H and O–H groups in total. The van der Waals surface area contributed by atoms with Gasteiger partial charge in [0.05, 0.1) is 11.4 Å². The van der Waals surface area contributed by atoms with Crippen molar-refractivity contribution in [3.05, 3.63) is 84.2 Å². The van der Waals surface area contributed by atoms with Crippen LogP contribution in [0.2, 0.25) is 0 Å². The van der Waals surface area contributed by atoms with Crippen LogP contribution in [0.15, 0.2) is 72.9 Å². The van der Waals surface area contributed by atoms with Crippen LogP contribution in [0, 0.1) is 6.92 Å². The zero-order valence-electron chi connectivity index (χ0n) is 19.5. The third-order valence-corrected chi connectivity index (χ3v) is 6.98. The number of carbonyl (C=O) groups is 2. The third-order valence-electron chi connectivity index (χ3n) is 6.98. The Morgan fingerprint density at radius 3 is 2.47 bits per heavy atom. The van der Waals surface area contributed by atoms with Crippen LogP contribution in [0.1, 0.15) is 24.1 Å². The summed E-state index contributed by atoms with van der Waals surface area (Å²) < 4.78 is 1.76. The molecule has 5 aromatic rings. The van der Waals surface area contributed by atoms with Crippen LogP contribution in [-0.2, 0) is 15.1 Å². The molecule has 0 atom stereocenters. The monoisotopic (exact) mass is 477 g/mol. The molecule has 0 saturated heterocycles. The minimum absolute atomic E-state index is 0.00401. The lowest BCUT2D eigenvalue weighted by atomic mass is 9.61. The molecule has 2 aromatic carbocycles. The maximum Gasteiger partial charge on any atom is 0.226 e. The van der Waals surface area contributed by atoms with E-state index in [4.69, 9.17) is 10.7 Å². The highest BCUT2D eigenvalue weighted by Crippen LogP contribution is 2.47. The number of benzene rings is 2. The van der Waals surface area contributed by atoms with Crippen LogP contribution in [0.25, 0.3) is 39.1 Å². The van der Waals surface area contributed by atoms with Gasteiger partial charge in [-0.1, -0.05) is 54.6 Å². The van der Waals surface area contributed by atoms with Gasteiger partial charge in [0.15, 0.2) is 17.6 Å². The molecule has 0 unspecified atom stereocenters. The quantitative estimate of drug-likeness (QED) is 0.294. The fourth-order valence-electron chi connectivity index (χ4n) is 5.15. The maximum absolute atomic E-state index is 11.8. The topological polar surface area (TPSA) is 123 Å². The van der Waals surface area contributed by atoms with Gasteiger partial charge in [0.25, 0.3) is 0 Å². The SMILES string of the molecule is Cc1cc2ncc3cc(-c4ccccc4)c(-c4ccc(C5(N)CC(O)(C(=O)C=O)C5)cc4)nc3n2n1. The Hall–Kier alpha value is -4.27. The van der Waals surface area contributed by atoms with Crippen LogP contribution in [0.4, 0.5) is 0 Å². The molecule has 178 valence electrons. The lowest BCUT2D eigenvalue weighted by Crippen LogP contribution is -2.63. The van der Waals surface area contributed by atoms with Crippen LogP contribution in [-0.4, -0.2) is 42.4 Å². The molecule has 6 rings (SSSR count). The van der Waals surface area contributed by atoms with E-state index >= 15 is 0 Å². The standard InChI is InChI=1S/C28H23N5O3/c1-17-11-24-30-13-20-12-22(18-5-3-2-4-6-18)25(31-26(20)33(24)32-17)19-7-9-21(10-8-19)27(29)15-28(36,16-27)23(35)14-34/h2-14,36H,15-16,29H2,1H3. The minimum Gasteiger partial charge on any atom is -0.381 e. The van der Waals surface area contributed by atoms with E-state index in [1.54, 1.807) is 4.52 Å². The highest BCUT2D eigenvalue weighted by atomic mass is 16.3. The highest BCUT2D eigenvalue weighted by Gasteiger charge is 2.56. The molecule has 3 aromatic heterocycles. The van der Waals surface area contributed by atoms with Crippen LogP contribution < -0.4 is 5.73 Å². The van der Waals surface area contributed by atoms with E-state index in [0.717, 1.165) is 44.7 Å². The van der Waals surface area contributed by atoms with E-state index in [2.05, 4.69) is 16.1 Å². The normalized spacial score (nSPS) is 21.4. The predicted molar refractivity (Wildman–Crippen MR) is 135 cm³/mol. The molecule has 8 heteroatoms. The zero-order valence-corrected chi connectivity index (χ0v) is 19.5. The van der Waals surface area contributed by atoms with E-state index in [0.29, 0.717) is 5.65 Å². The number of fused-ring (bicyclic) bond motifs is 3. The first-order valence-electron chi connectivity index (χ1n) is 11.6. The van der Waals surface area contributed by atoms with Gasteiger partial charge in [0.2, 0.25) is 5.78 Å². The average Bonchev–Trinajstić information content (AvgIpc) is 3.28. The smallest absolute Gasteiger partial charge is 0.226 e. The first-order chi connectivity index (χ1) is 17.3. The first kappa shape index (κ1) is 22.2. The van der Waals surface area contributed by atoms with Gasteiger partial charge in [-0.05, 0) is 24.1 Å². The fourth-order valence-corrected chi connectivity index (χ4v) is 5.15. The summed E-state index contributed by atoms with van der Waals surface area (Å²) in [5.74, 6) is -0.831. The van der Waals surface area contributed by atoms with Crippen molar-refractivity contribution in [2.24, 2.45) is 5.73 Å². The summed E-state index contributed by atoms with van der Waals surface area (Å²) in [6.07, 6.45) is 1.98. The number of nitrogens with zero attached hydrogens (tertiary/aromatic N) is 4. The minimum atomic E-state index is -1.68. The van der Waals surface area contributed by atoms with Gasteiger partial charge in [0, 0.05) is 47.2 Å². The summed E-state index contributed by atoms with van der Waals surface area (Å²) in [5.41, 5.74) is 10.6. The van der Waals surface area contributed by atoms with Crippen LogP contribution in [0.3, 0.4) is 0 Å². The van der Waals surface area contributed by atoms with Gasteiger partial charge in [-0.25, -0.2) is 9.97 Å². The molecule has 0 aliphatic heterocycles. The summed E-state index contributed by atoms with van der Waals surface area (Å²) >= 11 is 0. The van der Waals surface area contributed by atoms with Gasteiger partial charge in [0.1, 0.15) is 5.60 Å². The molecule has 0 amide bonds. The number of aliphatic hydroxyl groups is 1. The number of aromatic nitrogens is 4. The third kappa shape index (κ3) is 3.42. The second-order valence-corrected chi connectivity index (χ2v) is 9.58. The summed E-state index contributed by atoms with van der Waals surface area (Å²) in [7, 11) is 0. The summed E-state index contributed by atoms with van der Waals surface area (Å²) in [6.45, 7) is 1.92. The van der Waals surface area contributed by atoms with E-state index in [1.165, 1.54) is 0 Å². The van der Waals surface area contributed by atoms with Crippen LogP contribution in [0.5, 0.6) is 0 Å². The molecule has 1 fully saturated rings. The molecule has 0 radical (unpaired) electrons. The second-order valence-electron chi connectivity index (χ2n) is 9.58. The largest absolute Gasteiger partial charge is 0.381 e. The summed E-state index contributed by atoms with van der Waals surface area (Å²) in [6, 6.07) is 21.7. The molecule has 1 saturated carbocycles. The highest BCUT2D eigenvalue weighted by molar-refractivity contribution is 6.29. The molecule has 1 aliphatic rings. The number of pyridine rings is 1. The Labute approximate surface area is 206 Å². The predicted octanol–water partition coefficient (Wildman–Crippen LogP) is 3.37. The van der Waals surface area contributed by atoms with Crippen molar-refractivity contribution in [1.82, 2.24) is 19.6 Å². The molecule has 8 nitrogen and oxygen atoms in total. The van der Waals surface area contributed by atoms with Gasteiger partial charge < -0.3 is 10.8 Å². The van der Waals surface area contributed by atoms with E-state index in [-0.39, 0.29) is 19.1 Å². The number of nitrogens with two attached hydrogens (primary N) is 1. The lowest BCUT2D eigenvalue weighted by Gasteiger charge is -2.49. The van der Waals surface area contributed by atoms with Gasteiger partial charge in [-0.2, -0.15) is 9.61 Å². The second kappa shape index (κ2) is 7.87. The Bertz CT molecular complexity index is 1650. The fraction of sp³-hybridized carbons (Fsp3) is 0.179. The van der Waals surface area contributed by atoms with Gasteiger partial charge in [-0.15, -0.1) is 0 Å². The molecule has 36 heavy (non-hydrogen) atoms. The van der Waals surface area contributed by atoms with Crippen molar-refractivity contribution in [1.29, 1.82) is 0 Å². The molecular weight excluding hydrogens is 454 g/mol.